The topological polar surface area (TPSA) is 85.7 Å². The van der Waals surface area contributed by atoms with Gasteiger partial charge in [0.15, 0.2) is 11.5 Å². The number of amides is 2. The van der Waals surface area contributed by atoms with E-state index < -0.39 is 6.04 Å². The van der Waals surface area contributed by atoms with Gasteiger partial charge in [0.05, 0.1) is 17.5 Å². The highest BCUT2D eigenvalue weighted by molar-refractivity contribution is 6.05. The Bertz CT molecular complexity index is 1310. The summed E-state index contributed by atoms with van der Waals surface area (Å²) in [6, 6.07) is 12.4. The van der Waals surface area contributed by atoms with E-state index in [0.717, 1.165) is 30.3 Å². The fourth-order valence-electron chi connectivity index (χ4n) is 5.06. The molecule has 174 valence electrons. The van der Waals surface area contributed by atoms with Crippen LogP contribution in [0.2, 0.25) is 0 Å². The minimum atomic E-state index is -0.628. The summed E-state index contributed by atoms with van der Waals surface area (Å²) in [4.78, 5) is 33.0. The number of anilines is 2. The maximum absolute atomic E-state index is 13.5. The van der Waals surface area contributed by atoms with E-state index in [9.17, 15) is 9.59 Å². The lowest BCUT2D eigenvalue weighted by Crippen LogP contribution is -2.32. The van der Waals surface area contributed by atoms with Gasteiger partial charge in [-0.25, -0.2) is 4.98 Å². The van der Waals surface area contributed by atoms with Gasteiger partial charge in [-0.3, -0.25) is 19.1 Å². The maximum atomic E-state index is 13.5. The van der Waals surface area contributed by atoms with E-state index in [0.29, 0.717) is 29.7 Å². The Kier molecular flexibility index (Phi) is 5.20. The first kappa shape index (κ1) is 20.8. The number of para-hydroxylation sites is 2. The summed E-state index contributed by atoms with van der Waals surface area (Å²) in [6.45, 7) is 0.751. The summed E-state index contributed by atoms with van der Waals surface area (Å²) < 4.78 is 12.6. The zero-order valence-corrected chi connectivity index (χ0v) is 18.8. The second kappa shape index (κ2) is 8.52. The molecule has 3 heterocycles. The highest BCUT2D eigenvalue weighted by atomic mass is 16.7. The summed E-state index contributed by atoms with van der Waals surface area (Å²) in [5.74, 6) is 1.56. The normalized spacial score (nSPS) is 18.8. The van der Waals surface area contributed by atoms with Gasteiger partial charge >= 0.3 is 0 Å². The van der Waals surface area contributed by atoms with Crippen LogP contribution in [0.25, 0.3) is 11.0 Å². The average Bonchev–Trinajstić information content (AvgIpc) is 3.53. The van der Waals surface area contributed by atoms with E-state index in [4.69, 9.17) is 14.5 Å². The van der Waals surface area contributed by atoms with Crippen molar-refractivity contribution in [3.8, 4) is 11.5 Å². The molecule has 0 spiro atoms. The van der Waals surface area contributed by atoms with Gasteiger partial charge in [0.25, 0.3) is 5.91 Å². The van der Waals surface area contributed by atoms with Gasteiger partial charge in [0.2, 0.25) is 18.6 Å². The molecule has 0 fully saturated rings. The molecule has 2 amide bonds. The van der Waals surface area contributed by atoms with Crippen molar-refractivity contribution in [1.82, 2.24) is 9.55 Å². The number of rotatable bonds is 6. The molecule has 2 aliphatic heterocycles. The predicted octanol–water partition coefficient (Wildman–Crippen LogP) is 4.57. The van der Waals surface area contributed by atoms with Crippen LogP contribution < -0.4 is 19.7 Å². The summed E-state index contributed by atoms with van der Waals surface area (Å²) >= 11 is 0. The number of benzene rings is 2. The van der Waals surface area contributed by atoms with Crippen molar-refractivity contribution in [2.24, 2.45) is 0 Å². The Morgan fingerprint density at radius 3 is 2.88 bits per heavy atom. The molecule has 1 aromatic heterocycles. The molecule has 0 radical (unpaired) electrons. The first-order valence-electron chi connectivity index (χ1n) is 11.8. The highest BCUT2D eigenvalue weighted by Crippen LogP contribution is 2.38. The number of nitrogens with one attached hydrogen (secondary N) is 1. The van der Waals surface area contributed by atoms with Crippen LogP contribution in [0.1, 0.15) is 44.6 Å². The van der Waals surface area contributed by atoms with Crippen LogP contribution >= 0.6 is 0 Å². The molecule has 2 aromatic carbocycles. The molecular formula is C26H26N4O4. The summed E-state index contributed by atoms with van der Waals surface area (Å²) in [5, 5.41) is 2.90. The highest BCUT2D eigenvalue weighted by Gasteiger charge is 2.40. The second-order valence-electron chi connectivity index (χ2n) is 8.95. The molecular weight excluding hydrogens is 432 g/mol. The molecule has 8 heteroatoms. The molecule has 3 aromatic rings. The Balaban J connectivity index is 1.24. The number of carbonyl (C=O) groups excluding carboxylic acids is 2. The van der Waals surface area contributed by atoms with Gasteiger partial charge in [-0.2, -0.15) is 0 Å². The number of aromatic nitrogens is 2. The number of hydrogen-bond donors (Lipinski definition) is 1. The molecule has 6 rings (SSSR count). The van der Waals surface area contributed by atoms with Crippen LogP contribution in [0, 0.1) is 0 Å². The molecule has 8 nitrogen and oxygen atoms in total. The number of ether oxygens (including phenoxy) is 2. The third kappa shape index (κ3) is 3.69. The zero-order chi connectivity index (χ0) is 23.1. The van der Waals surface area contributed by atoms with Crippen LogP contribution in [0.5, 0.6) is 11.5 Å². The number of allylic oxidation sites excluding steroid dienone is 1. The predicted molar refractivity (Wildman–Crippen MR) is 128 cm³/mol. The second-order valence-corrected chi connectivity index (χ2v) is 8.95. The molecule has 1 aliphatic carbocycles. The Morgan fingerprint density at radius 2 is 2.00 bits per heavy atom. The molecule has 0 saturated carbocycles. The van der Waals surface area contributed by atoms with Gasteiger partial charge in [-0.1, -0.05) is 23.8 Å². The van der Waals surface area contributed by atoms with E-state index in [-0.39, 0.29) is 25.0 Å². The van der Waals surface area contributed by atoms with Gasteiger partial charge < -0.3 is 14.8 Å². The number of fused-ring (bicyclic) bond motifs is 4. The quantitative estimate of drug-likeness (QED) is 0.547. The monoisotopic (exact) mass is 458 g/mol. The van der Waals surface area contributed by atoms with Crippen molar-refractivity contribution in [1.29, 1.82) is 0 Å². The lowest BCUT2D eigenvalue weighted by Gasteiger charge is -2.18. The third-order valence-corrected chi connectivity index (χ3v) is 6.76. The molecule has 3 aliphatic rings. The van der Waals surface area contributed by atoms with Gasteiger partial charge in [0.1, 0.15) is 6.04 Å². The van der Waals surface area contributed by atoms with Gasteiger partial charge in [0, 0.05) is 18.3 Å². The van der Waals surface area contributed by atoms with Crippen LogP contribution in [0.4, 0.5) is 11.6 Å². The minimum Gasteiger partial charge on any atom is -0.454 e. The van der Waals surface area contributed by atoms with Crippen molar-refractivity contribution >= 4 is 34.5 Å². The number of carbonyl (C=O) groups is 2. The fraction of sp³-hybridized carbons (Fsp3) is 0.346. The molecule has 34 heavy (non-hydrogen) atoms. The fourth-order valence-corrected chi connectivity index (χ4v) is 5.06. The van der Waals surface area contributed by atoms with E-state index in [1.165, 1.54) is 18.4 Å². The largest absolute Gasteiger partial charge is 0.454 e. The van der Waals surface area contributed by atoms with E-state index in [1.54, 1.807) is 23.1 Å². The first-order valence-corrected chi connectivity index (χ1v) is 11.8. The standard InChI is InChI=1S/C26H26N4O4/c31-24(27-18-10-11-22-23(14-18)34-16-33-22)15-21-25(32)29(13-12-17-6-2-1-3-7-17)26-28-19-8-4-5-9-20(19)30(21)26/h4-6,8-11,14,21H,1-3,7,12-13,15-16H2,(H,27,31)/t21-/m0/s1. The minimum absolute atomic E-state index is 0.0276. The Morgan fingerprint density at radius 1 is 1.12 bits per heavy atom. The Hall–Kier alpha value is -3.81. The summed E-state index contributed by atoms with van der Waals surface area (Å²) in [6.07, 6.45) is 7.84. The average molecular weight is 459 g/mol. The van der Waals surface area contributed by atoms with Crippen LogP contribution in [-0.2, 0) is 9.59 Å². The molecule has 1 atom stereocenters. The van der Waals surface area contributed by atoms with Crippen LogP contribution in [0.15, 0.2) is 54.1 Å². The number of imidazole rings is 1. The molecule has 0 saturated heterocycles. The van der Waals surface area contributed by atoms with Crippen molar-refractivity contribution in [3.05, 3.63) is 54.1 Å². The zero-order valence-electron chi connectivity index (χ0n) is 18.8. The molecule has 0 unspecified atom stereocenters. The number of hydrogen-bond acceptors (Lipinski definition) is 5. The smallest absolute Gasteiger partial charge is 0.253 e. The van der Waals surface area contributed by atoms with Crippen molar-refractivity contribution in [2.45, 2.75) is 44.6 Å². The first-order chi connectivity index (χ1) is 16.7. The van der Waals surface area contributed by atoms with E-state index >= 15 is 0 Å². The maximum Gasteiger partial charge on any atom is 0.253 e. The van der Waals surface area contributed by atoms with Gasteiger partial charge in [-0.15, -0.1) is 0 Å². The van der Waals surface area contributed by atoms with E-state index in [1.807, 2.05) is 28.8 Å². The summed E-state index contributed by atoms with van der Waals surface area (Å²) in [5.41, 5.74) is 3.71. The summed E-state index contributed by atoms with van der Waals surface area (Å²) in [7, 11) is 0. The van der Waals surface area contributed by atoms with E-state index in [2.05, 4.69) is 11.4 Å². The van der Waals surface area contributed by atoms with Crippen molar-refractivity contribution in [3.63, 3.8) is 0 Å². The lowest BCUT2D eigenvalue weighted by molar-refractivity contribution is -0.124. The number of nitrogens with zero attached hydrogens (tertiary/aromatic N) is 3. The third-order valence-electron chi connectivity index (χ3n) is 6.76. The van der Waals surface area contributed by atoms with Crippen molar-refractivity contribution < 1.29 is 19.1 Å². The van der Waals surface area contributed by atoms with Crippen molar-refractivity contribution in [2.75, 3.05) is 23.6 Å². The lowest BCUT2D eigenvalue weighted by atomic mass is 9.97. The van der Waals surface area contributed by atoms with Gasteiger partial charge in [-0.05, 0) is 56.4 Å². The SMILES string of the molecule is O=C(C[C@H]1C(=O)N(CCC2=CCCCC2)c2nc3ccccc3n21)Nc1ccc2c(c1)OCO2. The molecule has 1 N–H and O–H groups in total. The molecule has 0 bridgehead atoms. The van der Waals surface area contributed by atoms with Crippen LogP contribution in [0.3, 0.4) is 0 Å². The Labute approximate surface area is 197 Å². The van der Waals surface area contributed by atoms with Crippen LogP contribution in [-0.4, -0.2) is 34.7 Å².